The highest BCUT2D eigenvalue weighted by molar-refractivity contribution is 14.1. The molecule has 17 heavy (non-hydrogen) atoms. The number of hydrogen-bond donors (Lipinski definition) is 1. The topological polar surface area (TPSA) is 24.9 Å². The van der Waals surface area contributed by atoms with Crippen LogP contribution in [0.25, 0.3) is 0 Å². The molecule has 2 nitrogen and oxygen atoms in total. The molecule has 1 unspecified atom stereocenters. The molecule has 0 saturated carbocycles. The fraction of sp³-hybridized carbons (Fsp3) is 0.214. The van der Waals surface area contributed by atoms with Gasteiger partial charge in [-0.25, -0.2) is 0 Å². The zero-order valence-electron chi connectivity index (χ0n) is 9.73. The normalized spacial score (nSPS) is 12.4. The molecule has 0 fully saturated rings. The largest absolute Gasteiger partial charge is 0.313 e. The molecule has 0 radical (unpaired) electrons. The van der Waals surface area contributed by atoms with Crippen molar-refractivity contribution in [3.63, 3.8) is 0 Å². The Bertz CT molecular complexity index is 471. The first-order valence-electron chi connectivity index (χ1n) is 5.63. The van der Waals surface area contributed by atoms with Crippen molar-refractivity contribution in [2.24, 2.45) is 0 Å². The summed E-state index contributed by atoms with van der Waals surface area (Å²) in [5, 5.41) is 3.36. The number of nitrogens with zero attached hydrogens (tertiary/aromatic N) is 1. The van der Waals surface area contributed by atoms with E-state index in [1.807, 2.05) is 25.4 Å². The van der Waals surface area contributed by atoms with Gasteiger partial charge >= 0.3 is 0 Å². The van der Waals surface area contributed by atoms with Gasteiger partial charge in [0.15, 0.2) is 0 Å². The molecular formula is C14H15IN2. The van der Waals surface area contributed by atoms with E-state index < -0.39 is 0 Å². The van der Waals surface area contributed by atoms with Gasteiger partial charge in [0, 0.05) is 27.9 Å². The van der Waals surface area contributed by atoms with Crippen LogP contribution in [0.3, 0.4) is 0 Å². The summed E-state index contributed by atoms with van der Waals surface area (Å²) in [4.78, 5) is 4.38. The number of aromatic nitrogens is 1. The predicted molar refractivity (Wildman–Crippen MR) is 78.9 cm³/mol. The second-order valence-electron chi connectivity index (χ2n) is 3.89. The molecular weight excluding hydrogens is 323 g/mol. The lowest BCUT2D eigenvalue weighted by atomic mass is 10.0. The standard InChI is InChI=1S/C14H15IN2/c1-16-14(10-11-6-4-5-9-17-11)12-7-2-3-8-13(12)15/h2-9,14,16H,10H2,1H3. The second-order valence-corrected chi connectivity index (χ2v) is 5.05. The van der Waals surface area contributed by atoms with Crippen LogP contribution in [0, 0.1) is 3.57 Å². The van der Waals surface area contributed by atoms with Crippen molar-refractivity contribution in [1.82, 2.24) is 10.3 Å². The van der Waals surface area contributed by atoms with E-state index >= 15 is 0 Å². The molecule has 2 aromatic rings. The van der Waals surface area contributed by atoms with E-state index in [0.717, 1.165) is 12.1 Å². The van der Waals surface area contributed by atoms with Crippen LogP contribution in [0.1, 0.15) is 17.3 Å². The summed E-state index contributed by atoms with van der Waals surface area (Å²) in [6.45, 7) is 0. The third-order valence-electron chi connectivity index (χ3n) is 2.77. The number of pyridine rings is 1. The average molecular weight is 338 g/mol. The maximum atomic E-state index is 4.38. The van der Waals surface area contributed by atoms with Crippen molar-refractivity contribution in [2.75, 3.05) is 7.05 Å². The molecule has 1 heterocycles. The van der Waals surface area contributed by atoms with Crippen molar-refractivity contribution in [3.8, 4) is 0 Å². The van der Waals surface area contributed by atoms with Gasteiger partial charge < -0.3 is 5.32 Å². The molecule has 1 aromatic carbocycles. The Morgan fingerprint density at radius 2 is 1.94 bits per heavy atom. The van der Waals surface area contributed by atoms with Crippen molar-refractivity contribution < 1.29 is 0 Å². The van der Waals surface area contributed by atoms with Gasteiger partial charge in [-0.05, 0) is 53.4 Å². The molecule has 1 aromatic heterocycles. The molecule has 0 aliphatic heterocycles. The predicted octanol–water partition coefficient (Wildman–Crippen LogP) is 3.19. The minimum absolute atomic E-state index is 0.318. The third-order valence-corrected chi connectivity index (χ3v) is 3.75. The van der Waals surface area contributed by atoms with Gasteiger partial charge in [0.05, 0.1) is 0 Å². The molecule has 0 bridgehead atoms. The Hall–Kier alpha value is -0.940. The van der Waals surface area contributed by atoms with Crippen LogP contribution in [0.5, 0.6) is 0 Å². The first kappa shape index (κ1) is 12.5. The summed E-state index contributed by atoms with van der Waals surface area (Å²) in [6.07, 6.45) is 2.76. The van der Waals surface area contributed by atoms with Crippen LogP contribution in [-0.4, -0.2) is 12.0 Å². The Kier molecular flexibility index (Phi) is 4.50. The minimum atomic E-state index is 0.318. The van der Waals surface area contributed by atoms with Gasteiger partial charge in [-0.15, -0.1) is 0 Å². The Balaban J connectivity index is 2.21. The maximum absolute atomic E-state index is 4.38. The highest BCUT2D eigenvalue weighted by Crippen LogP contribution is 2.22. The number of nitrogens with one attached hydrogen (secondary N) is 1. The molecule has 0 spiro atoms. The Labute approximate surface area is 116 Å². The molecule has 3 heteroatoms. The van der Waals surface area contributed by atoms with Gasteiger partial charge in [0.2, 0.25) is 0 Å². The summed E-state index contributed by atoms with van der Waals surface area (Å²) < 4.78 is 1.29. The lowest BCUT2D eigenvalue weighted by Crippen LogP contribution is -2.20. The van der Waals surface area contributed by atoms with Crippen molar-refractivity contribution in [1.29, 1.82) is 0 Å². The Morgan fingerprint density at radius 1 is 1.18 bits per heavy atom. The van der Waals surface area contributed by atoms with Crippen LogP contribution < -0.4 is 5.32 Å². The van der Waals surface area contributed by atoms with Gasteiger partial charge in [-0.3, -0.25) is 4.98 Å². The molecule has 0 saturated heterocycles. The van der Waals surface area contributed by atoms with E-state index in [1.165, 1.54) is 9.13 Å². The van der Waals surface area contributed by atoms with Crippen LogP contribution in [0.4, 0.5) is 0 Å². The fourth-order valence-corrected chi connectivity index (χ4v) is 2.62. The smallest absolute Gasteiger partial charge is 0.0422 e. The van der Waals surface area contributed by atoms with Crippen molar-refractivity contribution in [3.05, 3.63) is 63.5 Å². The zero-order chi connectivity index (χ0) is 12.1. The lowest BCUT2D eigenvalue weighted by molar-refractivity contribution is 0.582. The Morgan fingerprint density at radius 3 is 2.59 bits per heavy atom. The molecule has 0 aliphatic rings. The number of halogens is 1. The van der Waals surface area contributed by atoms with Gasteiger partial charge in [0.1, 0.15) is 0 Å². The average Bonchev–Trinajstić information content (AvgIpc) is 2.38. The number of benzene rings is 1. The number of likely N-dealkylation sites (N-methyl/N-ethyl adjacent to an activating group) is 1. The molecule has 1 N–H and O–H groups in total. The molecule has 88 valence electrons. The molecule has 0 amide bonds. The quantitative estimate of drug-likeness (QED) is 0.866. The van der Waals surface area contributed by atoms with E-state index in [2.05, 4.69) is 63.2 Å². The van der Waals surface area contributed by atoms with Crippen molar-refractivity contribution >= 4 is 22.6 Å². The van der Waals surface area contributed by atoms with Crippen LogP contribution in [-0.2, 0) is 6.42 Å². The van der Waals surface area contributed by atoms with E-state index in [-0.39, 0.29) is 0 Å². The molecule has 1 atom stereocenters. The summed E-state index contributed by atoms with van der Waals surface area (Å²) in [6, 6.07) is 14.8. The zero-order valence-corrected chi connectivity index (χ0v) is 11.9. The number of hydrogen-bond acceptors (Lipinski definition) is 2. The second kappa shape index (κ2) is 6.12. The highest BCUT2D eigenvalue weighted by Gasteiger charge is 2.12. The van der Waals surface area contributed by atoms with Gasteiger partial charge in [-0.1, -0.05) is 24.3 Å². The minimum Gasteiger partial charge on any atom is -0.313 e. The summed E-state index contributed by atoms with van der Waals surface area (Å²) >= 11 is 2.38. The van der Waals surface area contributed by atoms with E-state index in [0.29, 0.717) is 6.04 Å². The third kappa shape index (κ3) is 3.26. The first-order valence-corrected chi connectivity index (χ1v) is 6.70. The SMILES string of the molecule is CNC(Cc1ccccn1)c1ccccc1I. The summed E-state index contributed by atoms with van der Waals surface area (Å²) in [5.41, 5.74) is 2.45. The van der Waals surface area contributed by atoms with E-state index in [4.69, 9.17) is 0 Å². The van der Waals surface area contributed by atoms with Crippen LogP contribution >= 0.6 is 22.6 Å². The van der Waals surface area contributed by atoms with Gasteiger partial charge in [-0.2, -0.15) is 0 Å². The van der Waals surface area contributed by atoms with Crippen LogP contribution in [0.15, 0.2) is 48.7 Å². The monoisotopic (exact) mass is 338 g/mol. The maximum Gasteiger partial charge on any atom is 0.0422 e. The van der Waals surface area contributed by atoms with Crippen LogP contribution in [0.2, 0.25) is 0 Å². The first-order chi connectivity index (χ1) is 8.31. The van der Waals surface area contributed by atoms with E-state index in [9.17, 15) is 0 Å². The fourth-order valence-electron chi connectivity index (χ4n) is 1.85. The molecule has 0 aliphatic carbocycles. The molecule has 2 rings (SSSR count). The summed E-state index contributed by atoms with van der Waals surface area (Å²) in [5.74, 6) is 0. The number of rotatable bonds is 4. The summed E-state index contributed by atoms with van der Waals surface area (Å²) in [7, 11) is 2.00. The lowest BCUT2D eigenvalue weighted by Gasteiger charge is -2.17. The highest BCUT2D eigenvalue weighted by atomic mass is 127. The van der Waals surface area contributed by atoms with E-state index in [1.54, 1.807) is 0 Å². The van der Waals surface area contributed by atoms with Gasteiger partial charge in [0.25, 0.3) is 0 Å². The van der Waals surface area contributed by atoms with Crippen molar-refractivity contribution in [2.45, 2.75) is 12.5 Å².